The number of carbonyl (C=O) groups excluding carboxylic acids is 2. The summed E-state index contributed by atoms with van der Waals surface area (Å²) in [5.74, 6) is 0.103. The van der Waals surface area contributed by atoms with Gasteiger partial charge in [-0.3, -0.25) is 24.6 Å². The predicted octanol–water partition coefficient (Wildman–Crippen LogP) is 2.36. The first-order chi connectivity index (χ1) is 13.0. The topological polar surface area (TPSA) is 111 Å². The third-order valence-corrected chi connectivity index (χ3v) is 3.85. The highest BCUT2D eigenvalue weighted by Gasteiger charge is 2.29. The molecule has 0 saturated carbocycles. The Balaban J connectivity index is 1.74. The monoisotopic (exact) mass is 371 g/mol. The van der Waals surface area contributed by atoms with Gasteiger partial charge in [0.2, 0.25) is 5.91 Å². The number of non-ortho nitro benzene ring substituents is 1. The maximum atomic E-state index is 12.4. The molecule has 0 radical (unpaired) electrons. The van der Waals surface area contributed by atoms with Gasteiger partial charge in [0.1, 0.15) is 18.0 Å². The number of amides is 2. The minimum absolute atomic E-state index is 0.191. The molecular formula is C18H17N3O6. The summed E-state index contributed by atoms with van der Waals surface area (Å²) in [5, 5.41) is 13.7. The van der Waals surface area contributed by atoms with E-state index >= 15 is 0 Å². The van der Waals surface area contributed by atoms with Crippen LogP contribution in [0.3, 0.4) is 0 Å². The van der Waals surface area contributed by atoms with Crippen molar-refractivity contribution in [2.45, 2.75) is 6.92 Å². The second-order valence-corrected chi connectivity index (χ2v) is 5.68. The van der Waals surface area contributed by atoms with Crippen LogP contribution in [0.2, 0.25) is 0 Å². The number of rotatable bonds is 6. The van der Waals surface area contributed by atoms with Crippen LogP contribution in [0.15, 0.2) is 42.5 Å². The summed E-state index contributed by atoms with van der Waals surface area (Å²) in [6, 6.07) is 10.7. The van der Waals surface area contributed by atoms with Gasteiger partial charge in [-0.2, -0.15) is 0 Å². The van der Waals surface area contributed by atoms with Crippen molar-refractivity contribution in [1.29, 1.82) is 0 Å². The van der Waals surface area contributed by atoms with E-state index in [0.29, 0.717) is 23.8 Å². The lowest BCUT2D eigenvalue weighted by Gasteiger charge is -2.28. The zero-order valence-corrected chi connectivity index (χ0v) is 14.5. The Labute approximate surface area is 154 Å². The quantitative estimate of drug-likeness (QED) is 0.616. The Kier molecular flexibility index (Phi) is 5.20. The largest absolute Gasteiger partial charge is 0.494 e. The van der Waals surface area contributed by atoms with Crippen LogP contribution in [0.1, 0.15) is 6.92 Å². The summed E-state index contributed by atoms with van der Waals surface area (Å²) in [4.78, 5) is 36.1. The minimum atomic E-state index is -0.572. The number of nitro groups is 1. The van der Waals surface area contributed by atoms with Crippen molar-refractivity contribution < 1.29 is 24.0 Å². The lowest BCUT2D eigenvalue weighted by Crippen LogP contribution is -2.43. The summed E-state index contributed by atoms with van der Waals surface area (Å²) in [5.41, 5.74) is 0.551. The van der Waals surface area contributed by atoms with Crippen LogP contribution in [0.5, 0.6) is 11.5 Å². The normalized spacial score (nSPS) is 12.8. The highest BCUT2D eigenvalue weighted by molar-refractivity contribution is 6.05. The van der Waals surface area contributed by atoms with Gasteiger partial charge in [-0.1, -0.05) is 0 Å². The van der Waals surface area contributed by atoms with Gasteiger partial charge in [-0.05, 0) is 37.3 Å². The average molecular weight is 371 g/mol. The van der Waals surface area contributed by atoms with E-state index in [-0.39, 0.29) is 24.5 Å². The van der Waals surface area contributed by atoms with Gasteiger partial charge in [-0.25, -0.2) is 0 Å². The molecular weight excluding hydrogens is 354 g/mol. The smallest absolute Gasteiger partial charge is 0.271 e. The van der Waals surface area contributed by atoms with Crippen molar-refractivity contribution in [3.63, 3.8) is 0 Å². The summed E-state index contributed by atoms with van der Waals surface area (Å²) in [6.07, 6.45) is 0. The molecule has 0 spiro atoms. The fraction of sp³-hybridized carbons (Fsp3) is 0.222. The molecule has 2 aromatic rings. The zero-order chi connectivity index (χ0) is 19.4. The molecule has 1 aliphatic heterocycles. The number of benzene rings is 2. The van der Waals surface area contributed by atoms with Crippen molar-refractivity contribution in [2.75, 3.05) is 30.0 Å². The molecule has 3 rings (SSSR count). The second-order valence-electron chi connectivity index (χ2n) is 5.68. The molecule has 0 bridgehead atoms. The lowest BCUT2D eigenvalue weighted by molar-refractivity contribution is -0.384. The van der Waals surface area contributed by atoms with E-state index in [2.05, 4.69) is 5.32 Å². The molecule has 0 fully saturated rings. The molecule has 9 heteroatoms. The van der Waals surface area contributed by atoms with Crippen molar-refractivity contribution in [1.82, 2.24) is 0 Å². The van der Waals surface area contributed by atoms with E-state index in [9.17, 15) is 19.7 Å². The number of nitro benzene ring substituents is 1. The van der Waals surface area contributed by atoms with E-state index < -0.39 is 16.7 Å². The number of ether oxygens (including phenoxy) is 2. The summed E-state index contributed by atoms with van der Waals surface area (Å²) in [6.45, 7) is 1.89. The van der Waals surface area contributed by atoms with E-state index in [0.717, 1.165) is 0 Å². The standard InChI is InChI=1S/C18H17N3O6/c1-2-26-14-6-3-12(4-7-14)19-17(22)10-20-15-9-13(21(24)25)5-8-16(15)27-11-18(20)23/h3-9H,2,10-11H2,1H3,(H,19,22). The fourth-order valence-corrected chi connectivity index (χ4v) is 2.62. The number of anilines is 2. The highest BCUT2D eigenvalue weighted by Crippen LogP contribution is 2.35. The van der Waals surface area contributed by atoms with Crippen molar-refractivity contribution in [2.24, 2.45) is 0 Å². The van der Waals surface area contributed by atoms with Gasteiger partial charge in [0.15, 0.2) is 6.61 Å². The molecule has 140 valence electrons. The Bertz CT molecular complexity index is 881. The van der Waals surface area contributed by atoms with Crippen molar-refractivity contribution in [3.8, 4) is 11.5 Å². The average Bonchev–Trinajstić information content (AvgIpc) is 2.65. The first kappa shape index (κ1) is 18.2. The fourth-order valence-electron chi connectivity index (χ4n) is 2.62. The molecule has 0 saturated heterocycles. The van der Waals surface area contributed by atoms with Crippen LogP contribution in [0.25, 0.3) is 0 Å². The first-order valence-electron chi connectivity index (χ1n) is 8.22. The van der Waals surface area contributed by atoms with Gasteiger partial charge in [-0.15, -0.1) is 0 Å². The number of hydrogen-bond acceptors (Lipinski definition) is 6. The van der Waals surface area contributed by atoms with Crippen LogP contribution >= 0.6 is 0 Å². The lowest BCUT2D eigenvalue weighted by atomic mass is 10.2. The molecule has 1 N–H and O–H groups in total. The number of nitrogens with zero attached hydrogens (tertiary/aromatic N) is 2. The number of carbonyl (C=O) groups is 2. The van der Waals surface area contributed by atoms with Gasteiger partial charge in [0, 0.05) is 17.8 Å². The van der Waals surface area contributed by atoms with Gasteiger partial charge in [0.05, 0.1) is 17.2 Å². The molecule has 27 heavy (non-hydrogen) atoms. The third kappa shape index (κ3) is 4.14. The number of fused-ring (bicyclic) bond motifs is 1. The Morgan fingerprint density at radius 2 is 2.04 bits per heavy atom. The van der Waals surface area contributed by atoms with Gasteiger partial charge >= 0.3 is 0 Å². The van der Waals surface area contributed by atoms with E-state index in [1.54, 1.807) is 24.3 Å². The SMILES string of the molecule is CCOc1ccc(NC(=O)CN2C(=O)COc3ccc([N+](=O)[O-])cc32)cc1. The maximum Gasteiger partial charge on any atom is 0.271 e. The van der Waals surface area contributed by atoms with Crippen LogP contribution in [-0.4, -0.2) is 36.5 Å². The van der Waals surface area contributed by atoms with Crippen LogP contribution in [0.4, 0.5) is 17.1 Å². The summed E-state index contributed by atoms with van der Waals surface area (Å²) >= 11 is 0. The van der Waals surface area contributed by atoms with E-state index in [1.807, 2.05) is 6.92 Å². The molecule has 1 aliphatic rings. The molecule has 1 heterocycles. The zero-order valence-electron chi connectivity index (χ0n) is 14.5. The van der Waals surface area contributed by atoms with Gasteiger partial charge in [0.25, 0.3) is 11.6 Å². The number of hydrogen-bond donors (Lipinski definition) is 1. The van der Waals surface area contributed by atoms with Crippen LogP contribution in [0, 0.1) is 10.1 Å². The Morgan fingerprint density at radius 3 is 2.70 bits per heavy atom. The van der Waals surface area contributed by atoms with Crippen LogP contribution in [-0.2, 0) is 9.59 Å². The van der Waals surface area contributed by atoms with E-state index in [4.69, 9.17) is 9.47 Å². The minimum Gasteiger partial charge on any atom is -0.494 e. The molecule has 9 nitrogen and oxygen atoms in total. The maximum absolute atomic E-state index is 12.4. The Morgan fingerprint density at radius 1 is 1.30 bits per heavy atom. The molecule has 0 aliphatic carbocycles. The van der Waals surface area contributed by atoms with Crippen molar-refractivity contribution >= 4 is 28.9 Å². The Hall–Kier alpha value is -3.62. The molecule has 0 atom stereocenters. The highest BCUT2D eigenvalue weighted by atomic mass is 16.6. The molecule has 2 aromatic carbocycles. The molecule has 0 aromatic heterocycles. The van der Waals surface area contributed by atoms with Crippen LogP contribution < -0.4 is 19.7 Å². The second kappa shape index (κ2) is 7.73. The number of nitrogens with one attached hydrogen (secondary N) is 1. The first-order valence-corrected chi connectivity index (χ1v) is 8.22. The predicted molar refractivity (Wildman–Crippen MR) is 97.2 cm³/mol. The molecule has 0 unspecified atom stereocenters. The third-order valence-electron chi connectivity index (χ3n) is 3.85. The van der Waals surface area contributed by atoms with E-state index in [1.165, 1.54) is 23.1 Å². The summed E-state index contributed by atoms with van der Waals surface area (Å²) < 4.78 is 10.6. The molecule has 2 amide bonds. The van der Waals surface area contributed by atoms with Gasteiger partial charge < -0.3 is 14.8 Å². The van der Waals surface area contributed by atoms with Crippen molar-refractivity contribution in [3.05, 3.63) is 52.6 Å². The summed E-state index contributed by atoms with van der Waals surface area (Å²) in [7, 11) is 0.